The van der Waals surface area contributed by atoms with Crippen LogP contribution in [0, 0.1) is 0 Å². The predicted octanol–water partition coefficient (Wildman–Crippen LogP) is 5.49. The molecule has 1 atom stereocenters. The molecule has 3 aromatic carbocycles. The van der Waals surface area contributed by atoms with Gasteiger partial charge in [-0.05, 0) is 40.8 Å². The van der Waals surface area contributed by atoms with Crippen molar-refractivity contribution in [1.82, 2.24) is 0 Å². The maximum atomic E-state index is 3.60. The lowest BCUT2D eigenvalue weighted by Gasteiger charge is -2.29. The molecule has 0 amide bonds. The van der Waals surface area contributed by atoms with E-state index in [4.69, 9.17) is 0 Å². The van der Waals surface area contributed by atoms with Crippen LogP contribution in [0.4, 0.5) is 11.4 Å². The molecule has 0 spiro atoms. The van der Waals surface area contributed by atoms with Crippen LogP contribution in [0.25, 0.3) is 0 Å². The van der Waals surface area contributed by atoms with Crippen LogP contribution in [0.3, 0.4) is 0 Å². The van der Waals surface area contributed by atoms with E-state index < -0.39 is 0 Å². The average Bonchev–Trinajstić information content (AvgIpc) is 2.56. The summed E-state index contributed by atoms with van der Waals surface area (Å²) in [6, 6.07) is 25.9. The Bertz CT molecular complexity index is 805. The highest BCUT2D eigenvalue weighted by atomic mass is 14.9. The van der Waals surface area contributed by atoms with Gasteiger partial charge in [0.05, 0.1) is 0 Å². The van der Waals surface area contributed by atoms with E-state index in [1.54, 1.807) is 0 Å². The third-order valence-corrected chi connectivity index (χ3v) is 4.56. The molecule has 1 N–H and O–H groups in total. The van der Waals surface area contributed by atoms with Crippen LogP contribution in [-0.2, 0) is 6.42 Å². The number of benzene rings is 3. The third kappa shape index (κ3) is 2.19. The van der Waals surface area contributed by atoms with Crippen molar-refractivity contribution in [2.45, 2.75) is 19.3 Å². The molecule has 4 rings (SSSR count). The summed E-state index contributed by atoms with van der Waals surface area (Å²) >= 11 is 0. The minimum absolute atomic E-state index is 0.423. The number of hydrogen-bond donors (Lipinski definition) is 1. The van der Waals surface area contributed by atoms with Crippen LogP contribution in [0.5, 0.6) is 0 Å². The fourth-order valence-corrected chi connectivity index (χ4v) is 3.49. The maximum absolute atomic E-state index is 3.60. The second kappa shape index (κ2) is 5.34. The minimum Gasteiger partial charge on any atom is -0.355 e. The van der Waals surface area contributed by atoms with Crippen molar-refractivity contribution in [2.24, 2.45) is 0 Å². The van der Waals surface area contributed by atoms with Gasteiger partial charge in [-0.3, -0.25) is 0 Å². The highest BCUT2D eigenvalue weighted by Gasteiger charge is 2.23. The van der Waals surface area contributed by atoms with E-state index in [1.807, 2.05) is 0 Å². The van der Waals surface area contributed by atoms with Gasteiger partial charge in [-0.15, -0.1) is 0 Å². The Balaban J connectivity index is 1.79. The van der Waals surface area contributed by atoms with Crippen LogP contribution in [0.1, 0.15) is 35.1 Å². The van der Waals surface area contributed by atoms with Gasteiger partial charge in [0, 0.05) is 17.3 Å². The molecule has 1 aliphatic heterocycles. The van der Waals surface area contributed by atoms with Crippen LogP contribution >= 0.6 is 0 Å². The van der Waals surface area contributed by atoms with Crippen molar-refractivity contribution in [3.63, 3.8) is 0 Å². The van der Waals surface area contributed by atoms with Crippen molar-refractivity contribution < 1.29 is 0 Å². The van der Waals surface area contributed by atoms with E-state index in [1.165, 1.54) is 33.6 Å². The summed E-state index contributed by atoms with van der Waals surface area (Å²) in [5, 5.41) is 3.60. The minimum atomic E-state index is 0.423. The molecule has 0 bridgehead atoms. The highest BCUT2D eigenvalue weighted by Crippen LogP contribution is 2.42. The van der Waals surface area contributed by atoms with Crippen LogP contribution < -0.4 is 5.32 Å². The van der Waals surface area contributed by atoms with Crippen molar-refractivity contribution in [2.75, 3.05) is 5.32 Å². The zero-order valence-electron chi connectivity index (χ0n) is 12.7. The molecular weight excluding hydrogens is 266 g/mol. The average molecular weight is 285 g/mol. The van der Waals surface area contributed by atoms with E-state index in [-0.39, 0.29) is 0 Å². The molecule has 0 radical (unpaired) electrons. The van der Waals surface area contributed by atoms with Crippen molar-refractivity contribution >= 4 is 11.4 Å². The Labute approximate surface area is 131 Å². The molecule has 108 valence electrons. The molecule has 0 saturated carbocycles. The molecule has 1 nitrogen and oxygen atoms in total. The van der Waals surface area contributed by atoms with Crippen LogP contribution in [-0.4, -0.2) is 0 Å². The molecule has 0 aliphatic carbocycles. The summed E-state index contributed by atoms with van der Waals surface area (Å²) in [6.45, 7) is 2.31. The lowest BCUT2D eigenvalue weighted by atomic mass is 9.83. The first-order valence-corrected chi connectivity index (χ1v) is 7.84. The molecule has 1 heterocycles. The Hall–Kier alpha value is -2.54. The second-order valence-electron chi connectivity index (χ2n) is 5.97. The van der Waals surface area contributed by atoms with Crippen molar-refractivity contribution in [3.05, 3.63) is 95.1 Å². The number of para-hydroxylation sites is 1. The van der Waals surface area contributed by atoms with Gasteiger partial charge in [-0.2, -0.15) is 0 Å². The molecule has 0 aromatic heterocycles. The Morgan fingerprint density at radius 3 is 2.36 bits per heavy atom. The normalized spacial score (nSPS) is 15.6. The molecule has 1 heteroatoms. The summed E-state index contributed by atoms with van der Waals surface area (Å²) in [7, 11) is 0. The zero-order valence-corrected chi connectivity index (χ0v) is 12.7. The van der Waals surface area contributed by atoms with Gasteiger partial charge in [0.25, 0.3) is 0 Å². The Morgan fingerprint density at radius 2 is 1.50 bits per heavy atom. The van der Waals surface area contributed by atoms with Gasteiger partial charge in [0.1, 0.15) is 0 Å². The van der Waals surface area contributed by atoms with Gasteiger partial charge in [-0.1, -0.05) is 67.6 Å². The SMILES string of the molecule is CC1c2ccccc2Nc2cccc(Cc3ccccc3)c21. The van der Waals surface area contributed by atoms with E-state index >= 15 is 0 Å². The summed E-state index contributed by atoms with van der Waals surface area (Å²) < 4.78 is 0. The first-order chi connectivity index (χ1) is 10.8. The lowest BCUT2D eigenvalue weighted by molar-refractivity contribution is 0.890. The van der Waals surface area contributed by atoms with Gasteiger partial charge < -0.3 is 5.32 Å². The summed E-state index contributed by atoms with van der Waals surface area (Å²) in [6.07, 6.45) is 0.984. The van der Waals surface area contributed by atoms with E-state index in [0.717, 1.165) is 6.42 Å². The number of hydrogen-bond acceptors (Lipinski definition) is 1. The van der Waals surface area contributed by atoms with Crippen molar-refractivity contribution in [3.8, 4) is 0 Å². The molecule has 22 heavy (non-hydrogen) atoms. The topological polar surface area (TPSA) is 12.0 Å². The highest BCUT2D eigenvalue weighted by molar-refractivity contribution is 5.74. The maximum Gasteiger partial charge on any atom is 0.0425 e. The Morgan fingerprint density at radius 1 is 0.773 bits per heavy atom. The van der Waals surface area contributed by atoms with Crippen LogP contribution in [0.15, 0.2) is 72.8 Å². The second-order valence-corrected chi connectivity index (χ2v) is 5.97. The summed E-state index contributed by atoms with van der Waals surface area (Å²) in [4.78, 5) is 0. The fourth-order valence-electron chi connectivity index (χ4n) is 3.49. The number of nitrogens with one attached hydrogen (secondary N) is 1. The van der Waals surface area contributed by atoms with Gasteiger partial charge in [0.15, 0.2) is 0 Å². The first-order valence-electron chi connectivity index (χ1n) is 7.84. The standard InChI is InChI=1S/C21H19N/c1-15-18-11-5-6-12-19(18)22-20-13-7-10-17(21(15)20)14-16-8-3-2-4-9-16/h2-13,15,22H,14H2,1H3. The number of fused-ring (bicyclic) bond motifs is 2. The third-order valence-electron chi connectivity index (χ3n) is 4.56. The van der Waals surface area contributed by atoms with Crippen molar-refractivity contribution in [1.29, 1.82) is 0 Å². The van der Waals surface area contributed by atoms with Gasteiger partial charge in [0.2, 0.25) is 0 Å². The van der Waals surface area contributed by atoms with E-state index in [0.29, 0.717) is 5.92 Å². The molecular formula is C21H19N. The summed E-state index contributed by atoms with van der Waals surface area (Å²) in [5.74, 6) is 0.423. The molecule has 0 saturated heterocycles. The smallest absolute Gasteiger partial charge is 0.0425 e. The van der Waals surface area contributed by atoms with E-state index in [9.17, 15) is 0 Å². The zero-order chi connectivity index (χ0) is 14.9. The van der Waals surface area contributed by atoms with Gasteiger partial charge in [-0.25, -0.2) is 0 Å². The molecule has 0 fully saturated rings. The fraction of sp³-hybridized carbons (Fsp3) is 0.143. The van der Waals surface area contributed by atoms with E-state index in [2.05, 4.69) is 85.0 Å². The largest absolute Gasteiger partial charge is 0.355 e. The summed E-state index contributed by atoms with van der Waals surface area (Å²) in [5.41, 5.74) is 8.08. The van der Waals surface area contributed by atoms with Crippen LogP contribution in [0.2, 0.25) is 0 Å². The monoisotopic (exact) mass is 285 g/mol. The lowest BCUT2D eigenvalue weighted by Crippen LogP contribution is -2.13. The number of rotatable bonds is 2. The van der Waals surface area contributed by atoms with Gasteiger partial charge >= 0.3 is 0 Å². The predicted molar refractivity (Wildman–Crippen MR) is 92.9 cm³/mol. The molecule has 3 aromatic rings. The number of anilines is 2. The molecule has 1 aliphatic rings. The quantitative estimate of drug-likeness (QED) is 0.657. The molecule has 1 unspecified atom stereocenters. The first kappa shape index (κ1) is 13.1. The Kier molecular flexibility index (Phi) is 3.19.